The standard InChI is InChI=1S/C12H17N4OS.2ClH/c1-8-11(3-4-17)18-7-16(8)6-10-5-14-9(2)15-12(10)13;;/h5,7,17H,3-4,6H2,1-2H3,(H2,13,14,15);2*1H/q+1;;/p+1. The van der Waals surface area contributed by atoms with E-state index in [0.717, 1.165) is 11.4 Å². The smallest absolute Gasteiger partial charge is 0.295 e. The maximum absolute atomic E-state index is 8.98. The van der Waals surface area contributed by atoms with Gasteiger partial charge in [0.05, 0.1) is 4.88 Å². The zero-order valence-corrected chi connectivity index (χ0v) is 13.9. The van der Waals surface area contributed by atoms with E-state index in [1.54, 1.807) is 11.3 Å². The average molecular weight is 339 g/mol. The van der Waals surface area contributed by atoms with Crippen molar-refractivity contribution < 1.29 is 14.7 Å². The highest BCUT2D eigenvalue weighted by Gasteiger charge is 2.19. The van der Waals surface area contributed by atoms with Crippen molar-refractivity contribution in [1.29, 1.82) is 0 Å². The predicted octanol–water partition coefficient (Wildman–Crippen LogP) is 0.870. The predicted molar refractivity (Wildman–Crippen MR) is 83.6 cm³/mol. The second kappa shape index (κ2) is 8.36. The summed E-state index contributed by atoms with van der Waals surface area (Å²) in [5, 5.41) is 8.98. The summed E-state index contributed by atoms with van der Waals surface area (Å²) in [6.07, 6.45) is 2.60. The van der Waals surface area contributed by atoms with Crippen LogP contribution < -0.4 is 15.3 Å². The van der Waals surface area contributed by atoms with Crippen LogP contribution in [0.5, 0.6) is 0 Å². The van der Waals surface area contributed by atoms with Crippen LogP contribution in [0.1, 0.15) is 22.0 Å². The summed E-state index contributed by atoms with van der Waals surface area (Å²) in [4.78, 5) is 8.49. The zero-order chi connectivity index (χ0) is 13.1. The third-order valence-corrected chi connectivity index (χ3v) is 4.05. The third kappa shape index (κ3) is 4.28. The molecule has 0 aliphatic rings. The Morgan fingerprint density at radius 1 is 1.40 bits per heavy atom. The number of nitrogens with two attached hydrogens (primary N) is 1. The van der Waals surface area contributed by atoms with Crippen LogP contribution >= 0.6 is 36.2 Å². The molecule has 0 fully saturated rings. The van der Waals surface area contributed by atoms with E-state index in [1.807, 2.05) is 13.1 Å². The Bertz CT molecular complexity index is 562. The van der Waals surface area contributed by atoms with Gasteiger partial charge in [-0.3, -0.25) is 0 Å². The first kappa shape index (κ1) is 19.1. The first-order valence-electron chi connectivity index (χ1n) is 5.82. The number of thiazole rings is 1. The molecule has 0 aliphatic carbocycles. The Morgan fingerprint density at radius 3 is 2.70 bits per heavy atom. The normalized spacial score (nSPS) is 9.75. The van der Waals surface area contributed by atoms with E-state index in [9.17, 15) is 0 Å². The number of aromatic nitrogens is 3. The van der Waals surface area contributed by atoms with Crippen molar-refractivity contribution >= 4 is 42.0 Å². The maximum Gasteiger partial charge on any atom is 0.295 e. The molecule has 0 aromatic carbocycles. The third-order valence-electron chi connectivity index (χ3n) is 2.91. The number of aliphatic hydroxyl groups is 1. The highest BCUT2D eigenvalue weighted by molar-refractivity contribution is 7.09. The van der Waals surface area contributed by atoms with Gasteiger partial charge < -0.3 is 10.8 Å². The van der Waals surface area contributed by atoms with Gasteiger partial charge in [-0.05, 0) is 4.98 Å². The second-order valence-corrected chi connectivity index (χ2v) is 5.17. The fourth-order valence-corrected chi connectivity index (χ4v) is 2.79. The topological polar surface area (TPSA) is 77.2 Å². The van der Waals surface area contributed by atoms with Gasteiger partial charge in [0.1, 0.15) is 11.8 Å². The molecular weight excluding hydrogens is 319 g/mol. The number of H-pyrrole nitrogens is 1. The molecule has 20 heavy (non-hydrogen) atoms. The van der Waals surface area contributed by atoms with Crippen LogP contribution in [0.3, 0.4) is 0 Å². The number of aryl methyl sites for hydroxylation is 1. The van der Waals surface area contributed by atoms with E-state index in [0.29, 0.717) is 18.8 Å². The molecular formula is C12H20Cl2N4OS+2. The van der Waals surface area contributed by atoms with Crippen molar-refractivity contribution in [3.63, 3.8) is 0 Å². The van der Waals surface area contributed by atoms with Crippen LogP contribution in [0.15, 0.2) is 11.7 Å². The minimum atomic E-state index is 0. The van der Waals surface area contributed by atoms with Crippen molar-refractivity contribution in [2.75, 3.05) is 12.3 Å². The Labute approximate surface area is 134 Å². The lowest BCUT2D eigenvalue weighted by molar-refractivity contribution is -0.690. The highest BCUT2D eigenvalue weighted by atomic mass is 35.5. The van der Waals surface area contributed by atoms with Gasteiger partial charge in [0.25, 0.3) is 11.6 Å². The molecule has 0 aliphatic heterocycles. The van der Waals surface area contributed by atoms with Crippen molar-refractivity contribution in [2.45, 2.75) is 26.8 Å². The Balaban J connectivity index is 0.00000180. The lowest BCUT2D eigenvalue weighted by Crippen LogP contribution is -2.36. The van der Waals surface area contributed by atoms with Gasteiger partial charge in [0.2, 0.25) is 5.51 Å². The van der Waals surface area contributed by atoms with E-state index >= 15 is 0 Å². The van der Waals surface area contributed by atoms with Crippen LogP contribution in [-0.2, 0) is 13.0 Å². The summed E-state index contributed by atoms with van der Waals surface area (Å²) in [5.41, 5.74) is 10.1. The lowest BCUT2D eigenvalue weighted by Gasteiger charge is -1.97. The van der Waals surface area contributed by atoms with Gasteiger partial charge in [0.15, 0.2) is 12.2 Å². The van der Waals surface area contributed by atoms with Crippen LogP contribution in [0.25, 0.3) is 0 Å². The van der Waals surface area contributed by atoms with Gasteiger partial charge in [-0.1, -0.05) is 11.3 Å². The first-order valence-corrected chi connectivity index (χ1v) is 6.70. The summed E-state index contributed by atoms with van der Waals surface area (Å²) in [6.45, 7) is 4.82. The molecule has 2 rings (SSSR count). The largest absolute Gasteiger partial charge is 0.396 e. The number of aromatic amines is 1. The number of hydrogen-bond donors (Lipinski definition) is 2. The Kier molecular flexibility index (Phi) is 7.96. The molecule has 2 aromatic rings. The minimum Gasteiger partial charge on any atom is -0.396 e. The Morgan fingerprint density at radius 2 is 2.10 bits per heavy atom. The number of anilines is 1. The van der Waals surface area contributed by atoms with Gasteiger partial charge in [-0.15, -0.1) is 24.8 Å². The molecule has 0 radical (unpaired) electrons. The van der Waals surface area contributed by atoms with Crippen LogP contribution in [-0.4, -0.2) is 16.7 Å². The number of nitrogen functional groups attached to an aromatic ring is 1. The molecule has 0 saturated carbocycles. The van der Waals surface area contributed by atoms with E-state index < -0.39 is 0 Å². The second-order valence-electron chi connectivity index (χ2n) is 4.23. The maximum atomic E-state index is 8.98. The molecule has 8 heteroatoms. The molecule has 0 unspecified atom stereocenters. The monoisotopic (exact) mass is 338 g/mol. The summed E-state index contributed by atoms with van der Waals surface area (Å²) in [6, 6.07) is 0. The highest BCUT2D eigenvalue weighted by Crippen LogP contribution is 2.13. The van der Waals surface area contributed by atoms with Crippen molar-refractivity contribution in [3.05, 3.63) is 33.7 Å². The van der Waals surface area contributed by atoms with Crippen molar-refractivity contribution in [2.24, 2.45) is 0 Å². The van der Waals surface area contributed by atoms with Gasteiger partial charge in [-0.2, -0.15) is 4.57 Å². The molecule has 0 spiro atoms. The number of halogens is 2. The molecule has 0 amide bonds. The van der Waals surface area contributed by atoms with Crippen LogP contribution in [0.4, 0.5) is 5.82 Å². The van der Waals surface area contributed by atoms with Crippen LogP contribution in [0, 0.1) is 13.8 Å². The molecule has 112 valence electrons. The van der Waals surface area contributed by atoms with E-state index in [4.69, 9.17) is 10.8 Å². The molecule has 0 saturated heterocycles. The van der Waals surface area contributed by atoms with Crippen molar-refractivity contribution in [3.8, 4) is 0 Å². The zero-order valence-electron chi connectivity index (χ0n) is 11.4. The van der Waals surface area contributed by atoms with E-state index in [-0.39, 0.29) is 31.4 Å². The Hall–Kier alpha value is -0.950. The number of nitrogens with zero attached hydrogens (tertiary/aromatic N) is 2. The fraction of sp³-hybridized carbons (Fsp3) is 0.417. The molecule has 0 atom stereocenters. The average Bonchev–Trinajstić information content (AvgIpc) is 2.66. The molecule has 0 bridgehead atoms. The number of aliphatic hydroxyl groups excluding tert-OH is 1. The van der Waals surface area contributed by atoms with E-state index in [2.05, 4.69) is 27.0 Å². The van der Waals surface area contributed by atoms with Crippen LogP contribution in [0.2, 0.25) is 0 Å². The van der Waals surface area contributed by atoms with E-state index in [1.165, 1.54) is 10.6 Å². The van der Waals surface area contributed by atoms with Gasteiger partial charge in [0, 0.05) is 26.9 Å². The van der Waals surface area contributed by atoms with Crippen molar-refractivity contribution in [1.82, 2.24) is 4.98 Å². The quantitative estimate of drug-likeness (QED) is 0.812. The summed E-state index contributed by atoms with van der Waals surface area (Å²) in [5.74, 6) is 1.37. The summed E-state index contributed by atoms with van der Waals surface area (Å²) in [7, 11) is 0. The summed E-state index contributed by atoms with van der Waals surface area (Å²) < 4.78 is 2.13. The molecule has 2 heterocycles. The SMILES string of the molecule is Cc1nc(N)c(C[n+]2csc(CCO)c2C)c[nH+]1.Cl.Cl. The fourth-order valence-electron chi connectivity index (χ4n) is 1.81. The first-order chi connectivity index (χ1) is 8.61. The van der Waals surface area contributed by atoms with Gasteiger partial charge in [-0.25, -0.2) is 4.98 Å². The lowest BCUT2D eigenvalue weighted by atomic mass is 10.2. The number of rotatable bonds is 4. The minimum absolute atomic E-state index is 0. The number of hydrogen-bond acceptors (Lipinski definition) is 4. The van der Waals surface area contributed by atoms with Gasteiger partial charge >= 0.3 is 0 Å². The molecule has 5 nitrogen and oxygen atoms in total. The number of nitrogens with one attached hydrogen (secondary N) is 1. The molecule has 4 N–H and O–H groups in total. The molecule has 2 aromatic heterocycles. The summed E-state index contributed by atoms with van der Waals surface area (Å²) >= 11 is 1.66.